The number of hydrogen-bond acceptors (Lipinski definition) is 6. The number of benzene rings is 2. The van der Waals surface area contributed by atoms with E-state index in [1.807, 2.05) is 25.1 Å². The smallest absolute Gasteiger partial charge is 0.309 e. The van der Waals surface area contributed by atoms with E-state index >= 15 is 0 Å². The lowest BCUT2D eigenvalue weighted by molar-refractivity contribution is -0.149. The van der Waals surface area contributed by atoms with Gasteiger partial charge in [-0.05, 0) is 86.7 Å². The molecule has 0 spiro atoms. The molecule has 1 saturated heterocycles. The molecule has 1 N–H and O–H groups in total. The van der Waals surface area contributed by atoms with Gasteiger partial charge in [0.15, 0.2) is 5.15 Å². The number of fused-ring (bicyclic) bond motifs is 2. The number of aromatic nitrogens is 2. The average Bonchev–Trinajstić information content (AvgIpc) is 3.29. The van der Waals surface area contributed by atoms with E-state index in [0.29, 0.717) is 18.4 Å². The van der Waals surface area contributed by atoms with Crippen molar-refractivity contribution in [1.29, 1.82) is 0 Å². The Hall–Kier alpha value is -3.03. The zero-order valence-electron chi connectivity index (χ0n) is 22.6. The quantitative estimate of drug-likeness (QED) is 0.333. The van der Waals surface area contributed by atoms with Crippen LogP contribution in [0.25, 0.3) is 16.5 Å². The van der Waals surface area contributed by atoms with Crippen LogP contribution in [0.2, 0.25) is 5.15 Å². The van der Waals surface area contributed by atoms with E-state index in [4.69, 9.17) is 25.8 Å². The molecule has 7 nitrogen and oxygen atoms in total. The Balaban J connectivity index is 1.28. The van der Waals surface area contributed by atoms with Gasteiger partial charge in [-0.15, -0.1) is 0 Å². The molecule has 8 heteroatoms. The summed E-state index contributed by atoms with van der Waals surface area (Å²) in [6.45, 7) is 12.0. The molecule has 1 fully saturated rings. The number of halogens is 1. The van der Waals surface area contributed by atoms with Gasteiger partial charge in [-0.3, -0.25) is 14.8 Å². The summed E-state index contributed by atoms with van der Waals surface area (Å²) < 4.78 is 17.9. The normalized spacial score (nSPS) is 17.4. The summed E-state index contributed by atoms with van der Waals surface area (Å²) in [5.41, 5.74) is 5.61. The zero-order valence-corrected chi connectivity index (χ0v) is 23.3. The first-order chi connectivity index (χ1) is 18.3. The third kappa shape index (κ3) is 5.54. The largest absolute Gasteiger partial charge is 0.488 e. The first-order valence-corrected chi connectivity index (χ1v) is 13.9. The topological polar surface area (TPSA) is 76.7 Å². The molecular weight excluding hydrogens is 502 g/mol. The summed E-state index contributed by atoms with van der Waals surface area (Å²) in [6.07, 6.45) is 1.55. The number of ether oxygens (including phenoxy) is 3. The molecule has 0 bridgehead atoms. The maximum atomic E-state index is 12.1. The highest BCUT2D eigenvalue weighted by Gasteiger charge is 2.28. The van der Waals surface area contributed by atoms with Gasteiger partial charge in [-0.25, -0.2) is 0 Å². The molecule has 2 aliphatic rings. The van der Waals surface area contributed by atoms with Gasteiger partial charge >= 0.3 is 5.97 Å². The first kappa shape index (κ1) is 26.6. The molecule has 0 aliphatic carbocycles. The lowest BCUT2D eigenvalue weighted by Gasteiger charge is -2.33. The summed E-state index contributed by atoms with van der Waals surface area (Å²) in [6, 6.07) is 12.2. The second kappa shape index (κ2) is 11.4. The van der Waals surface area contributed by atoms with E-state index in [1.165, 1.54) is 11.1 Å². The van der Waals surface area contributed by atoms with Crippen LogP contribution >= 0.6 is 11.6 Å². The minimum atomic E-state index is -0.142. The highest BCUT2D eigenvalue weighted by molar-refractivity contribution is 6.34. The number of nitrogens with one attached hydrogen (secondary N) is 1. The van der Waals surface area contributed by atoms with E-state index in [1.54, 1.807) is 0 Å². The monoisotopic (exact) mass is 537 g/mol. The van der Waals surface area contributed by atoms with E-state index in [9.17, 15) is 4.79 Å². The standard InChI is InChI=1S/C30H36ClN3O4/c1-5-36-30(35)20-10-12-34(13-11-20)16-22-17-37-27-15-23(7-8-24(27)19(22)4)38-28(18(2)3)21-6-9-26-25(14-21)29(31)33-32-26/h6-9,14-15,18,20,28H,5,10-13,16-17H2,1-4H3,(H,32,33). The Morgan fingerprint density at radius 3 is 2.74 bits per heavy atom. The fraction of sp³-hybridized carbons (Fsp3) is 0.467. The van der Waals surface area contributed by atoms with Crippen LogP contribution in [-0.4, -0.2) is 53.9 Å². The summed E-state index contributed by atoms with van der Waals surface area (Å²) in [5, 5.41) is 8.40. The van der Waals surface area contributed by atoms with Crippen LogP contribution in [0.15, 0.2) is 42.0 Å². The lowest BCUT2D eigenvalue weighted by Crippen LogP contribution is -2.38. The third-order valence-electron chi connectivity index (χ3n) is 7.65. The van der Waals surface area contributed by atoms with Crippen LogP contribution in [0, 0.1) is 11.8 Å². The Kier molecular flexibility index (Phi) is 7.96. The second-order valence-electron chi connectivity index (χ2n) is 10.6. The van der Waals surface area contributed by atoms with Crippen LogP contribution < -0.4 is 9.47 Å². The van der Waals surface area contributed by atoms with Crippen molar-refractivity contribution in [2.75, 3.05) is 32.8 Å². The Bertz CT molecular complexity index is 1340. The van der Waals surface area contributed by atoms with Crippen LogP contribution in [0.4, 0.5) is 0 Å². The molecular formula is C30H36ClN3O4. The van der Waals surface area contributed by atoms with E-state index in [0.717, 1.165) is 66.0 Å². The van der Waals surface area contributed by atoms with E-state index < -0.39 is 0 Å². The number of carbonyl (C=O) groups is 1. The minimum Gasteiger partial charge on any atom is -0.488 e. The van der Waals surface area contributed by atoms with Crippen molar-refractivity contribution in [1.82, 2.24) is 15.1 Å². The SMILES string of the molecule is CCOC(=O)C1CCN(CC2=C(C)c3ccc(OC(c4ccc5[nH]nc(Cl)c5c4)C(C)C)cc3OC2)CC1. The van der Waals surface area contributed by atoms with Gasteiger partial charge in [0, 0.05) is 23.6 Å². The summed E-state index contributed by atoms with van der Waals surface area (Å²) in [5.74, 6) is 1.84. The summed E-state index contributed by atoms with van der Waals surface area (Å²) in [4.78, 5) is 14.5. The molecule has 38 heavy (non-hydrogen) atoms. The van der Waals surface area contributed by atoms with E-state index in [-0.39, 0.29) is 23.9 Å². The lowest BCUT2D eigenvalue weighted by atomic mass is 9.94. The zero-order chi connectivity index (χ0) is 26.8. The number of nitrogens with zero attached hydrogens (tertiary/aromatic N) is 2. The minimum absolute atomic E-state index is 0.0243. The number of allylic oxidation sites excluding steroid dienone is 1. The number of piperidine rings is 1. The van der Waals surface area contributed by atoms with Crippen LogP contribution in [-0.2, 0) is 9.53 Å². The fourth-order valence-corrected chi connectivity index (χ4v) is 5.60. The molecule has 0 saturated carbocycles. The van der Waals surface area contributed by atoms with Crippen LogP contribution in [0.3, 0.4) is 0 Å². The Morgan fingerprint density at radius 1 is 1.21 bits per heavy atom. The molecule has 1 aromatic heterocycles. The second-order valence-corrected chi connectivity index (χ2v) is 10.9. The van der Waals surface area contributed by atoms with Crippen molar-refractivity contribution in [3.63, 3.8) is 0 Å². The average molecular weight is 538 g/mol. The highest BCUT2D eigenvalue weighted by Crippen LogP contribution is 2.38. The van der Waals surface area contributed by atoms with Gasteiger partial charge in [0.05, 0.1) is 18.0 Å². The highest BCUT2D eigenvalue weighted by atomic mass is 35.5. The molecule has 1 unspecified atom stereocenters. The molecule has 0 amide bonds. The maximum absolute atomic E-state index is 12.1. The first-order valence-electron chi connectivity index (χ1n) is 13.5. The molecule has 2 aliphatic heterocycles. The predicted molar refractivity (Wildman–Crippen MR) is 150 cm³/mol. The van der Waals surface area contributed by atoms with Crippen molar-refractivity contribution < 1.29 is 19.0 Å². The van der Waals surface area contributed by atoms with Crippen molar-refractivity contribution in [3.05, 3.63) is 58.3 Å². The number of H-pyrrole nitrogens is 1. The van der Waals surface area contributed by atoms with Gasteiger partial charge in [-0.1, -0.05) is 31.5 Å². The number of likely N-dealkylation sites (tertiary alicyclic amines) is 1. The van der Waals surface area contributed by atoms with Crippen molar-refractivity contribution in [2.24, 2.45) is 11.8 Å². The number of carbonyl (C=O) groups excluding carboxylic acids is 1. The molecule has 3 heterocycles. The molecule has 0 radical (unpaired) electrons. The Morgan fingerprint density at radius 2 is 2.00 bits per heavy atom. The molecule has 2 aromatic carbocycles. The van der Waals surface area contributed by atoms with Gasteiger partial charge in [-0.2, -0.15) is 5.10 Å². The number of rotatable bonds is 8. The Labute approximate surface area is 229 Å². The van der Waals surface area contributed by atoms with Crippen molar-refractivity contribution in [2.45, 2.75) is 46.6 Å². The van der Waals surface area contributed by atoms with Gasteiger partial charge in [0.25, 0.3) is 0 Å². The number of esters is 1. The van der Waals surface area contributed by atoms with E-state index in [2.05, 4.69) is 54.1 Å². The predicted octanol–water partition coefficient (Wildman–Crippen LogP) is 6.43. The number of hydrogen-bond donors (Lipinski definition) is 1. The summed E-state index contributed by atoms with van der Waals surface area (Å²) in [7, 11) is 0. The van der Waals surface area contributed by atoms with Gasteiger partial charge in [0.1, 0.15) is 24.2 Å². The van der Waals surface area contributed by atoms with Crippen molar-refractivity contribution in [3.8, 4) is 11.5 Å². The summed E-state index contributed by atoms with van der Waals surface area (Å²) >= 11 is 6.26. The number of aromatic amines is 1. The van der Waals surface area contributed by atoms with Crippen LogP contribution in [0.1, 0.15) is 57.8 Å². The molecule has 5 rings (SSSR count). The van der Waals surface area contributed by atoms with Crippen LogP contribution in [0.5, 0.6) is 11.5 Å². The molecule has 1 atom stereocenters. The maximum Gasteiger partial charge on any atom is 0.309 e. The van der Waals surface area contributed by atoms with Gasteiger partial charge < -0.3 is 14.2 Å². The fourth-order valence-electron chi connectivity index (χ4n) is 5.40. The molecule has 3 aromatic rings. The van der Waals surface area contributed by atoms with Crippen molar-refractivity contribution >= 4 is 34.0 Å². The van der Waals surface area contributed by atoms with Gasteiger partial charge in [0.2, 0.25) is 0 Å². The third-order valence-corrected chi connectivity index (χ3v) is 7.94. The molecule has 202 valence electrons.